The Hall–Kier alpha value is -6.36. The molecule has 10 rings (SSSR count). The van der Waals surface area contributed by atoms with Gasteiger partial charge in [0.15, 0.2) is 5.65 Å². The third-order valence-electron chi connectivity index (χ3n) is 20.1. The number of pyridine rings is 5. The fourth-order valence-electron chi connectivity index (χ4n) is 14.2. The Morgan fingerprint density at radius 3 is 1.27 bits per heavy atom. The van der Waals surface area contributed by atoms with Gasteiger partial charge in [-0.25, -0.2) is 14.0 Å². The third-order valence-corrected chi connectivity index (χ3v) is 20.1. The standard InChI is InChI=1S/2C16H22N2.C15H26N2.C15H22N2.C13H19N3/c1-8(2)14-10(4)15-13(7)17-11(5)9(3)16(15)18-12(14)6;1-8(2)14-11(5)16-15(18-13(14)7)10(4)9(3)12(6)17-16;2*1-8(2)14-12(6)16-17-13(7)10(4)9(3)11(5)15(14)17;1-7(2)12-10(5)15-16-11(6)8(3)9(4)14-13(12)16/h2*8H,1-7H3;8-11,13H,1-7H3;8H,1-7H3;7H,1-6H3. The van der Waals surface area contributed by atoms with E-state index in [1.165, 1.54) is 112 Å². The monoisotopic (exact) mass is 1170 g/mol. The average Bonchev–Trinajstić information content (AvgIpc) is 1.42. The molecule has 4 atom stereocenters. The largest absolute Gasteiger partial charge is 0.266 e. The van der Waals surface area contributed by atoms with Crippen LogP contribution in [0.25, 0.3) is 33.1 Å². The van der Waals surface area contributed by atoms with Crippen molar-refractivity contribution >= 4 is 33.1 Å². The Bertz CT molecular complexity index is 4000. The molecular formula is C75H111N11. The van der Waals surface area contributed by atoms with Crippen molar-refractivity contribution in [1.29, 1.82) is 0 Å². The van der Waals surface area contributed by atoms with E-state index < -0.39 is 0 Å². The smallest absolute Gasteiger partial charge is 0.159 e. The van der Waals surface area contributed by atoms with Crippen LogP contribution in [-0.4, -0.2) is 53.9 Å². The first-order valence-corrected chi connectivity index (χ1v) is 32.2. The first-order valence-electron chi connectivity index (χ1n) is 32.2. The van der Waals surface area contributed by atoms with Crippen molar-refractivity contribution < 1.29 is 0 Å². The summed E-state index contributed by atoms with van der Waals surface area (Å²) in [5.41, 5.74) is 38.3. The van der Waals surface area contributed by atoms with Crippen LogP contribution < -0.4 is 0 Å². The first kappa shape index (κ1) is 68.7. The Morgan fingerprint density at radius 2 is 0.733 bits per heavy atom. The number of rotatable bonds is 5. The molecule has 0 amide bonds. The number of hydrogen-bond donors (Lipinski definition) is 0. The number of aryl methyl sites for hydroxylation is 16. The summed E-state index contributed by atoms with van der Waals surface area (Å²) in [6, 6.07) is 0.530. The van der Waals surface area contributed by atoms with Gasteiger partial charge in [0, 0.05) is 73.7 Å². The van der Waals surface area contributed by atoms with Crippen molar-refractivity contribution in [2.24, 2.45) is 11.8 Å². The van der Waals surface area contributed by atoms with E-state index in [2.05, 4.69) is 260 Å². The molecule has 466 valence electrons. The molecule has 1 aliphatic heterocycles. The second-order valence-electron chi connectivity index (χ2n) is 27.5. The molecule has 86 heavy (non-hydrogen) atoms. The highest BCUT2D eigenvalue weighted by Gasteiger charge is 2.37. The predicted octanol–water partition coefficient (Wildman–Crippen LogP) is 19.9. The summed E-state index contributed by atoms with van der Waals surface area (Å²) in [6.07, 6.45) is 0. The third kappa shape index (κ3) is 12.7. The fraction of sp³-hybridized carbons (Fsp3) is 0.573. The molecule has 11 nitrogen and oxygen atoms in total. The van der Waals surface area contributed by atoms with Gasteiger partial charge in [0.1, 0.15) is 0 Å². The summed E-state index contributed by atoms with van der Waals surface area (Å²) in [7, 11) is 0. The minimum Gasteiger partial charge on any atom is -0.266 e. The molecule has 9 aromatic rings. The van der Waals surface area contributed by atoms with Gasteiger partial charge < -0.3 is 0 Å². The van der Waals surface area contributed by atoms with E-state index in [1.807, 2.05) is 4.52 Å². The maximum Gasteiger partial charge on any atom is 0.159 e. The Balaban J connectivity index is 0.000000172. The summed E-state index contributed by atoms with van der Waals surface area (Å²) in [4.78, 5) is 23.7. The quantitative estimate of drug-likeness (QED) is 0.167. The summed E-state index contributed by atoms with van der Waals surface area (Å²) in [5.74, 6) is 4.63. The summed E-state index contributed by atoms with van der Waals surface area (Å²) < 4.78 is 6.41. The number of fused-ring (bicyclic) bond motifs is 5. The second kappa shape index (κ2) is 26.5. The maximum absolute atomic E-state index is 4.84. The van der Waals surface area contributed by atoms with Gasteiger partial charge >= 0.3 is 0 Å². The van der Waals surface area contributed by atoms with Crippen LogP contribution in [0.15, 0.2) is 0 Å². The van der Waals surface area contributed by atoms with Crippen LogP contribution in [0.3, 0.4) is 0 Å². The van der Waals surface area contributed by atoms with E-state index >= 15 is 0 Å². The molecule has 0 aliphatic carbocycles. The van der Waals surface area contributed by atoms with Crippen molar-refractivity contribution in [3.8, 4) is 0 Å². The Labute approximate surface area is 519 Å². The molecule has 1 aliphatic rings. The lowest BCUT2D eigenvalue weighted by molar-refractivity contribution is 0.189. The molecule has 9 aromatic heterocycles. The van der Waals surface area contributed by atoms with E-state index in [9.17, 15) is 0 Å². The molecule has 0 saturated heterocycles. The lowest BCUT2D eigenvalue weighted by atomic mass is 9.75. The lowest BCUT2D eigenvalue weighted by Gasteiger charge is -2.38. The molecule has 0 saturated carbocycles. The average molecular weight is 1170 g/mol. The molecule has 4 unspecified atom stereocenters. The van der Waals surface area contributed by atoms with Gasteiger partial charge in [0.25, 0.3) is 0 Å². The zero-order chi connectivity index (χ0) is 65.1. The van der Waals surface area contributed by atoms with Crippen molar-refractivity contribution in [2.75, 3.05) is 0 Å². The highest BCUT2D eigenvalue weighted by Crippen LogP contribution is 2.45. The van der Waals surface area contributed by atoms with E-state index in [1.54, 1.807) is 0 Å². The van der Waals surface area contributed by atoms with Crippen molar-refractivity contribution in [3.05, 3.63) is 146 Å². The topological polar surface area (TPSA) is 117 Å². The van der Waals surface area contributed by atoms with Gasteiger partial charge in [0.2, 0.25) is 0 Å². The molecule has 0 aromatic carbocycles. The molecule has 11 heteroatoms. The predicted molar refractivity (Wildman–Crippen MR) is 366 cm³/mol. The summed E-state index contributed by atoms with van der Waals surface area (Å²) in [6.45, 7) is 74.4. The van der Waals surface area contributed by atoms with Crippen LogP contribution in [0.4, 0.5) is 0 Å². The molecular weight excluding hydrogens is 1050 g/mol. The van der Waals surface area contributed by atoms with Gasteiger partial charge in [-0.05, 0) is 254 Å². The molecule has 10 heterocycles. The first-order chi connectivity index (χ1) is 39.8. The Morgan fingerprint density at radius 1 is 0.302 bits per heavy atom. The van der Waals surface area contributed by atoms with Gasteiger partial charge in [-0.1, -0.05) is 90.0 Å². The minimum atomic E-state index is 0.464. The van der Waals surface area contributed by atoms with E-state index in [-0.39, 0.29) is 0 Å². The summed E-state index contributed by atoms with van der Waals surface area (Å²) in [5, 5.41) is 15.4. The second-order valence-corrected chi connectivity index (χ2v) is 27.5. The van der Waals surface area contributed by atoms with Crippen molar-refractivity contribution in [2.45, 2.75) is 277 Å². The van der Waals surface area contributed by atoms with Gasteiger partial charge in [-0.3, -0.25) is 24.6 Å². The van der Waals surface area contributed by atoms with E-state index in [4.69, 9.17) is 25.1 Å². The van der Waals surface area contributed by atoms with Crippen molar-refractivity contribution in [1.82, 2.24) is 53.9 Å². The van der Waals surface area contributed by atoms with E-state index in [0.29, 0.717) is 47.5 Å². The van der Waals surface area contributed by atoms with Crippen LogP contribution in [0, 0.1) is 150 Å². The van der Waals surface area contributed by atoms with Crippen LogP contribution in [0.2, 0.25) is 0 Å². The molecule has 0 bridgehead atoms. The van der Waals surface area contributed by atoms with Crippen LogP contribution in [-0.2, 0) is 0 Å². The molecule has 0 fully saturated rings. The number of hydrogen-bond acceptors (Lipinski definition) is 8. The highest BCUT2D eigenvalue weighted by molar-refractivity contribution is 5.89. The maximum atomic E-state index is 4.84. The highest BCUT2D eigenvalue weighted by atomic mass is 15.3. The lowest BCUT2D eigenvalue weighted by Crippen LogP contribution is -2.32. The van der Waals surface area contributed by atoms with Crippen LogP contribution in [0.1, 0.15) is 285 Å². The van der Waals surface area contributed by atoms with Crippen LogP contribution >= 0.6 is 0 Å². The zero-order valence-electron chi connectivity index (χ0n) is 60.1. The molecule has 0 spiro atoms. The SMILES string of the molecule is Cc1nc2c(C(C)C)c(C)nn2c(C)c1C.Cc1nc2c(C)c(C(C)C)c(C)nc2c(C)c1C.Cc1nc2c(C)c(C)nc(C)c2c(C)c1C(C)C.Cc1nn2c(C)c(C)c(C)c(C)c2c1C(C)C.Cc1nn2c(c1C(C)C)C(C)C(C)C(C)C2C. The van der Waals surface area contributed by atoms with Gasteiger partial charge in [-0.15, -0.1) is 0 Å². The normalized spacial score (nSPS) is 15.8. The Kier molecular flexibility index (Phi) is 21.2. The number of nitrogens with zero attached hydrogens (tertiary/aromatic N) is 11. The molecule has 0 radical (unpaired) electrons. The molecule has 0 N–H and O–H groups in total. The zero-order valence-corrected chi connectivity index (χ0v) is 60.1. The van der Waals surface area contributed by atoms with Crippen molar-refractivity contribution in [3.63, 3.8) is 0 Å². The van der Waals surface area contributed by atoms with Crippen LogP contribution in [0.5, 0.6) is 0 Å². The fourth-order valence-corrected chi connectivity index (χ4v) is 14.2. The number of aromatic nitrogens is 11. The van der Waals surface area contributed by atoms with Gasteiger partial charge in [-0.2, -0.15) is 15.3 Å². The summed E-state index contributed by atoms with van der Waals surface area (Å²) >= 11 is 0. The van der Waals surface area contributed by atoms with Gasteiger partial charge in [0.05, 0.1) is 45.2 Å². The minimum absolute atomic E-state index is 0.464. The van der Waals surface area contributed by atoms with E-state index in [0.717, 1.165) is 73.7 Å².